The van der Waals surface area contributed by atoms with Crippen molar-refractivity contribution < 1.29 is 0 Å². The highest BCUT2D eigenvalue weighted by Gasteiger charge is 1.96. The van der Waals surface area contributed by atoms with Gasteiger partial charge in [-0.3, -0.25) is 0 Å². The molecule has 0 aliphatic heterocycles. The van der Waals surface area contributed by atoms with Crippen molar-refractivity contribution in [3.8, 4) is 0 Å². The standard InChI is InChI=1S/C11H15BrClN/c12-7-3-4-8-14-9-10-5-1-2-6-11(10)13/h1-2,5-6,14H,3-4,7-9H2. The maximum atomic E-state index is 6.02. The number of hydrogen-bond acceptors (Lipinski definition) is 1. The van der Waals surface area contributed by atoms with Crippen LogP contribution in [0.4, 0.5) is 0 Å². The van der Waals surface area contributed by atoms with Crippen molar-refractivity contribution in [1.82, 2.24) is 5.32 Å². The third-order valence-electron chi connectivity index (χ3n) is 2.01. The summed E-state index contributed by atoms with van der Waals surface area (Å²) in [5.41, 5.74) is 1.17. The van der Waals surface area contributed by atoms with Gasteiger partial charge in [-0.15, -0.1) is 0 Å². The molecule has 1 aromatic carbocycles. The maximum absolute atomic E-state index is 6.02. The van der Waals surface area contributed by atoms with Gasteiger partial charge in [-0.25, -0.2) is 0 Å². The molecule has 0 heterocycles. The quantitative estimate of drug-likeness (QED) is 0.618. The number of benzene rings is 1. The first-order valence-electron chi connectivity index (χ1n) is 4.84. The van der Waals surface area contributed by atoms with E-state index >= 15 is 0 Å². The van der Waals surface area contributed by atoms with E-state index in [-0.39, 0.29) is 0 Å². The zero-order valence-electron chi connectivity index (χ0n) is 8.10. The van der Waals surface area contributed by atoms with Crippen LogP contribution in [0.1, 0.15) is 18.4 Å². The number of nitrogens with one attached hydrogen (secondary N) is 1. The molecule has 0 unspecified atom stereocenters. The van der Waals surface area contributed by atoms with Gasteiger partial charge in [-0.05, 0) is 31.0 Å². The number of unbranched alkanes of at least 4 members (excludes halogenated alkanes) is 1. The highest BCUT2D eigenvalue weighted by Crippen LogP contribution is 2.14. The normalized spacial score (nSPS) is 10.4. The van der Waals surface area contributed by atoms with Gasteiger partial charge in [0.15, 0.2) is 0 Å². The molecule has 0 radical (unpaired) electrons. The molecule has 1 N–H and O–H groups in total. The second kappa shape index (κ2) is 7.27. The van der Waals surface area contributed by atoms with Crippen molar-refractivity contribution in [2.75, 3.05) is 11.9 Å². The fraction of sp³-hybridized carbons (Fsp3) is 0.455. The Morgan fingerprint density at radius 1 is 1.21 bits per heavy atom. The summed E-state index contributed by atoms with van der Waals surface area (Å²) in [4.78, 5) is 0. The first kappa shape index (κ1) is 12.0. The Morgan fingerprint density at radius 3 is 2.71 bits per heavy atom. The third-order valence-corrected chi connectivity index (χ3v) is 2.94. The van der Waals surface area contributed by atoms with Gasteiger partial charge in [-0.1, -0.05) is 45.7 Å². The molecule has 0 aliphatic carbocycles. The summed E-state index contributed by atoms with van der Waals surface area (Å²) in [7, 11) is 0. The van der Waals surface area contributed by atoms with Crippen LogP contribution in [0.2, 0.25) is 5.02 Å². The average molecular weight is 277 g/mol. The van der Waals surface area contributed by atoms with Crippen LogP contribution in [-0.4, -0.2) is 11.9 Å². The Kier molecular flexibility index (Phi) is 6.24. The van der Waals surface area contributed by atoms with E-state index in [1.54, 1.807) is 0 Å². The lowest BCUT2D eigenvalue weighted by atomic mass is 10.2. The van der Waals surface area contributed by atoms with E-state index in [9.17, 15) is 0 Å². The van der Waals surface area contributed by atoms with Crippen molar-refractivity contribution in [2.45, 2.75) is 19.4 Å². The zero-order valence-corrected chi connectivity index (χ0v) is 10.4. The topological polar surface area (TPSA) is 12.0 Å². The predicted octanol–water partition coefficient (Wildman–Crippen LogP) is 3.60. The van der Waals surface area contributed by atoms with E-state index in [4.69, 9.17) is 11.6 Å². The van der Waals surface area contributed by atoms with Crippen LogP contribution in [0.3, 0.4) is 0 Å². The van der Waals surface area contributed by atoms with Crippen LogP contribution < -0.4 is 5.32 Å². The number of alkyl halides is 1. The first-order chi connectivity index (χ1) is 6.84. The molecule has 0 saturated heterocycles. The van der Waals surface area contributed by atoms with Gasteiger partial charge in [0.05, 0.1) is 0 Å². The summed E-state index contributed by atoms with van der Waals surface area (Å²) in [6, 6.07) is 7.95. The minimum atomic E-state index is 0.848. The van der Waals surface area contributed by atoms with E-state index in [0.717, 1.165) is 23.4 Å². The molecule has 0 saturated carbocycles. The average Bonchev–Trinajstić information content (AvgIpc) is 2.20. The molecule has 1 nitrogen and oxygen atoms in total. The molecule has 14 heavy (non-hydrogen) atoms. The zero-order chi connectivity index (χ0) is 10.2. The van der Waals surface area contributed by atoms with Gasteiger partial charge in [0.25, 0.3) is 0 Å². The summed E-state index contributed by atoms with van der Waals surface area (Å²) in [5, 5.41) is 5.30. The van der Waals surface area contributed by atoms with E-state index in [0.29, 0.717) is 0 Å². The van der Waals surface area contributed by atoms with Crippen molar-refractivity contribution in [3.63, 3.8) is 0 Å². The molecule has 0 aromatic heterocycles. The van der Waals surface area contributed by atoms with Crippen molar-refractivity contribution in [1.29, 1.82) is 0 Å². The molecule has 0 spiro atoms. The molecule has 3 heteroatoms. The molecule has 0 bridgehead atoms. The molecular weight excluding hydrogens is 261 g/mol. The van der Waals surface area contributed by atoms with E-state index in [1.807, 2.05) is 18.2 Å². The van der Waals surface area contributed by atoms with E-state index in [1.165, 1.54) is 18.4 Å². The summed E-state index contributed by atoms with van der Waals surface area (Å²) < 4.78 is 0. The molecule has 0 fully saturated rings. The fourth-order valence-electron chi connectivity index (χ4n) is 1.21. The molecule has 0 aliphatic rings. The molecule has 78 valence electrons. The van der Waals surface area contributed by atoms with Crippen LogP contribution in [0.15, 0.2) is 24.3 Å². The Labute approximate surface area is 99.0 Å². The molecule has 1 aromatic rings. The monoisotopic (exact) mass is 275 g/mol. The number of rotatable bonds is 6. The van der Waals surface area contributed by atoms with Gasteiger partial charge in [0.2, 0.25) is 0 Å². The maximum Gasteiger partial charge on any atom is 0.0450 e. The Morgan fingerprint density at radius 2 is 2.00 bits per heavy atom. The highest BCUT2D eigenvalue weighted by molar-refractivity contribution is 9.09. The lowest BCUT2D eigenvalue weighted by Gasteiger charge is -2.05. The van der Waals surface area contributed by atoms with Gasteiger partial charge >= 0.3 is 0 Å². The lowest BCUT2D eigenvalue weighted by molar-refractivity contribution is 0.645. The van der Waals surface area contributed by atoms with Crippen molar-refractivity contribution in [2.24, 2.45) is 0 Å². The second-order valence-electron chi connectivity index (χ2n) is 3.16. The molecule has 0 atom stereocenters. The van der Waals surface area contributed by atoms with Crippen molar-refractivity contribution >= 4 is 27.5 Å². The van der Waals surface area contributed by atoms with Crippen LogP contribution in [0.25, 0.3) is 0 Å². The minimum absolute atomic E-state index is 0.848. The highest BCUT2D eigenvalue weighted by atomic mass is 79.9. The van der Waals surface area contributed by atoms with Crippen LogP contribution >= 0.6 is 27.5 Å². The first-order valence-corrected chi connectivity index (χ1v) is 6.34. The minimum Gasteiger partial charge on any atom is -0.313 e. The molecular formula is C11H15BrClN. The Bertz CT molecular complexity index is 265. The number of halogens is 2. The van der Waals surface area contributed by atoms with Crippen LogP contribution in [0.5, 0.6) is 0 Å². The van der Waals surface area contributed by atoms with Crippen LogP contribution in [-0.2, 0) is 6.54 Å². The van der Waals surface area contributed by atoms with Gasteiger partial charge in [0.1, 0.15) is 0 Å². The fourth-order valence-corrected chi connectivity index (χ4v) is 1.81. The van der Waals surface area contributed by atoms with Gasteiger partial charge in [0, 0.05) is 16.9 Å². The SMILES string of the molecule is Clc1ccccc1CNCCCCBr. The summed E-state index contributed by atoms with van der Waals surface area (Å²) in [6.07, 6.45) is 2.42. The van der Waals surface area contributed by atoms with Crippen molar-refractivity contribution in [3.05, 3.63) is 34.9 Å². The second-order valence-corrected chi connectivity index (χ2v) is 4.36. The summed E-state index contributed by atoms with van der Waals surface area (Å²) in [5.74, 6) is 0. The Hall–Kier alpha value is -0.0500. The molecule has 1 rings (SSSR count). The third kappa shape index (κ3) is 4.45. The van der Waals surface area contributed by atoms with E-state index < -0.39 is 0 Å². The molecule has 0 amide bonds. The van der Waals surface area contributed by atoms with Gasteiger partial charge < -0.3 is 5.32 Å². The summed E-state index contributed by atoms with van der Waals surface area (Å²) >= 11 is 9.43. The summed E-state index contributed by atoms with van der Waals surface area (Å²) in [6.45, 7) is 1.92. The smallest absolute Gasteiger partial charge is 0.0450 e. The predicted molar refractivity (Wildman–Crippen MR) is 66.2 cm³/mol. The van der Waals surface area contributed by atoms with Crippen LogP contribution in [0, 0.1) is 0 Å². The number of hydrogen-bond donors (Lipinski definition) is 1. The lowest BCUT2D eigenvalue weighted by Crippen LogP contribution is -2.14. The van der Waals surface area contributed by atoms with E-state index in [2.05, 4.69) is 27.3 Å². The Balaban J connectivity index is 2.21. The van der Waals surface area contributed by atoms with Gasteiger partial charge in [-0.2, -0.15) is 0 Å². The largest absolute Gasteiger partial charge is 0.313 e.